The van der Waals surface area contributed by atoms with Crippen LogP contribution in [0.4, 0.5) is 0 Å². The van der Waals surface area contributed by atoms with Gasteiger partial charge in [0.1, 0.15) is 5.01 Å². The van der Waals surface area contributed by atoms with Gasteiger partial charge in [-0.3, -0.25) is 0 Å². The van der Waals surface area contributed by atoms with Gasteiger partial charge >= 0.3 is 0 Å². The van der Waals surface area contributed by atoms with Crippen molar-refractivity contribution in [2.24, 2.45) is 0 Å². The molecule has 0 aliphatic carbocycles. The molecule has 1 aromatic heterocycles. The summed E-state index contributed by atoms with van der Waals surface area (Å²) in [6.07, 6.45) is 2.24. The fourth-order valence-corrected chi connectivity index (χ4v) is 2.46. The number of aromatic nitrogens is 1. The van der Waals surface area contributed by atoms with E-state index in [2.05, 4.69) is 34.6 Å². The van der Waals surface area contributed by atoms with Gasteiger partial charge in [0.15, 0.2) is 0 Å². The van der Waals surface area contributed by atoms with Gasteiger partial charge in [-0.1, -0.05) is 6.92 Å². The average Bonchev–Trinajstić information content (AvgIpc) is 2.77. The molecule has 0 radical (unpaired) electrons. The van der Waals surface area contributed by atoms with Crippen LogP contribution >= 0.6 is 11.3 Å². The van der Waals surface area contributed by atoms with E-state index in [-0.39, 0.29) is 0 Å². The Morgan fingerprint density at radius 1 is 1.50 bits per heavy atom. The first-order chi connectivity index (χ1) is 8.76. The molecule has 1 rings (SSSR count). The second kappa shape index (κ2) is 9.44. The lowest BCUT2D eigenvalue weighted by molar-refractivity contribution is 0.178. The Balaban J connectivity index is 2.25. The van der Waals surface area contributed by atoms with Crippen LogP contribution in [0.2, 0.25) is 0 Å². The molecule has 1 N–H and O–H groups in total. The van der Waals surface area contributed by atoms with Crippen LogP contribution in [0.1, 0.15) is 30.5 Å². The zero-order valence-corrected chi connectivity index (χ0v) is 12.6. The smallest absolute Gasteiger partial charge is 0.107 e. The van der Waals surface area contributed by atoms with Crippen LogP contribution in [0.15, 0.2) is 5.38 Å². The van der Waals surface area contributed by atoms with Crippen LogP contribution in [0.3, 0.4) is 0 Å². The van der Waals surface area contributed by atoms with Gasteiger partial charge in [0, 0.05) is 38.7 Å². The lowest BCUT2D eigenvalue weighted by atomic mass is 10.4. The van der Waals surface area contributed by atoms with Gasteiger partial charge in [0.05, 0.1) is 5.69 Å². The second-order valence-electron chi connectivity index (χ2n) is 4.49. The molecule has 0 aliphatic heterocycles. The van der Waals surface area contributed by atoms with E-state index in [9.17, 15) is 0 Å². The van der Waals surface area contributed by atoms with Crippen molar-refractivity contribution in [3.63, 3.8) is 0 Å². The molecular weight excluding hydrogens is 246 g/mol. The average molecular weight is 271 g/mol. The van der Waals surface area contributed by atoms with E-state index in [0.717, 1.165) is 39.2 Å². The Bertz CT molecular complexity index is 317. The third-order valence-electron chi connectivity index (χ3n) is 2.62. The fourth-order valence-electron chi connectivity index (χ4n) is 1.71. The van der Waals surface area contributed by atoms with E-state index in [1.165, 1.54) is 17.1 Å². The molecule has 0 saturated heterocycles. The molecule has 0 atom stereocenters. The lowest BCUT2D eigenvalue weighted by Crippen LogP contribution is -2.20. The highest BCUT2D eigenvalue weighted by atomic mass is 32.1. The van der Waals surface area contributed by atoms with E-state index < -0.39 is 0 Å². The molecule has 18 heavy (non-hydrogen) atoms. The third-order valence-corrected chi connectivity index (χ3v) is 3.52. The van der Waals surface area contributed by atoms with Crippen LogP contribution in [-0.2, 0) is 17.8 Å². The molecule has 4 nitrogen and oxygen atoms in total. The van der Waals surface area contributed by atoms with Gasteiger partial charge in [-0.15, -0.1) is 11.3 Å². The zero-order chi connectivity index (χ0) is 13.2. The van der Waals surface area contributed by atoms with Crippen molar-refractivity contribution >= 4 is 11.3 Å². The van der Waals surface area contributed by atoms with Crippen molar-refractivity contribution < 1.29 is 4.74 Å². The summed E-state index contributed by atoms with van der Waals surface area (Å²) < 4.78 is 5.05. The normalized spacial score (nSPS) is 11.3. The fraction of sp³-hybridized carbons (Fsp3) is 0.769. The molecular formula is C13H25N3OS. The van der Waals surface area contributed by atoms with Gasteiger partial charge in [0.25, 0.3) is 0 Å². The van der Waals surface area contributed by atoms with Crippen molar-refractivity contribution in [1.82, 2.24) is 15.2 Å². The van der Waals surface area contributed by atoms with Crippen LogP contribution in [0, 0.1) is 0 Å². The van der Waals surface area contributed by atoms with E-state index in [0.29, 0.717) is 0 Å². The van der Waals surface area contributed by atoms with Gasteiger partial charge in [-0.2, -0.15) is 0 Å². The van der Waals surface area contributed by atoms with Crippen molar-refractivity contribution in [3.05, 3.63) is 16.1 Å². The zero-order valence-electron chi connectivity index (χ0n) is 11.7. The predicted molar refractivity (Wildman–Crippen MR) is 76.9 cm³/mol. The topological polar surface area (TPSA) is 37.4 Å². The number of rotatable bonds is 10. The molecule has 1 aromatic rings. The highest BCUT2D eigenvalue weighted by Gasteiger charge is 2.05. The Morgan fingerprint density at radius 2 is 2.33 bits per heavy atom. The van der Waals surface area contributed by atoms with Gasteiger partial charge in [0.2, 0.25) is 0 Å². The highest BCUT2D eigenvalue weighted by molar-refractivity contribution is 7.09. The first kappa shape index (κ1) is 15.6. The van der Waals surface area contributed by atoms with E-state index in [1.807, 2.05) is 0 Å². The number of ether oxygens (including phenoxy) is 1. The standard InChI is InChI=1S/C13H25N3OS/c1-4-6-14-9-13-15-12(11-18-13)10-16(2)7-5-8-17-3/h11,14H,4-10H2,1-3H3. The molecule has 1 heterocycles. The van der Waals surface area contributed by atoms with Gasteiger partial charge in [-0.05, 0) is 26.4 Å². The van der Waals surface area contributed by atoms with Crippen molar-refractivity contribution in [3.8, 4) is 0 Å². The van der Waals surface area contributed by atoms with Crippen molar-refractivity contribution in [1.29, 1.82) is 0 Å². The van der Waals surface area contributed by atoms with Gasteiger partial charge < -0.3 is 15.0 Å². The minimum atomic E-state index is 0.827. The van der Waals surface area contributed by atoms with E-state index >= 15 is 0 Å². The van der Waals surface area contributed by atoms with Crippen LogP contribution in [-0.4, -0.2) is 43.7 Å². The molecule has 0 fully saturated rings. The maximum absolute atomic E-state index is 5.05. The Morgan fingerprint density at radius 3 is 3.06 bits per heavy atom. The summed E-state index contributed by atoms with van der Waals surface area (Å²) in [6.45, 7) is 6.93. The largest absolute Gasteiger partial charge is 0.385 e. The molecule has 5 heteroatoms. The first-order valence-corrected chi connectivity index (χ1v) is 7.45. The number of thiazole rings is 1. The van der Waals surface area contributed by atoms with Crippen molar-refractivity contribution in [2.45, 2.75) is 32.9 Å². The van der Waals surface area contributed by atoms with Gasteiger partial charge in [-0.25, -0.2) is 4.98 Å². The number of hydrogen-bond acceptors (Lipinski definition) is 5. The highest BCUT2D eigenvalue weighted by Crippen LogP contribution is 2.11. The first-order valence-electron chi connectivity index (χ1n) is 6.57. The Labute approximate surface area is 114 Å². The minimum absolute atomic E-state index is 0.827. The maximum atomic E-state index is 5.05. The second-order valence-corrected chi connectivity index (χ2v) is 5.44. The summed E-state index contributed by atoms with van der Waals surface area (Å²) in [6, 6.07) is 0. The monoisotopic (exact) mass is 271 g/mol. The summed E-state index contributed by atoms with van der Waals surface area (Å²) >= 11 is 1.75. The van der Waals surface area contributed by atoms with Crippen LogP contribution in [0.5, 0.6) is 0 Å². The third kappa shape index (κ3) is 6.44. The molecule has 0 unspecified atom stereocenters. The Hall–Kier alpha value is -0.490. The Kier molecular flexibility index (Phi) is 8.17. The number of nitrogens with zero attached hydrogens (tertiary/aromatic N) is 2. The molecule has 0 bridgehead atoms. The molecule has 0 spiro atoms. The summed E-state index contributed by atoms with van der Waals surface area (Å²) in [5, 5.41) is 6.72. The maximum Gasteiger partial charge on any atom is 0.107 e. The lowest BCUT2D eigenvalue weighted by Gasteiger charge is -2.14. The summed E-state index contributed by atoms with van der Waals surface area (Å²) in [4.78, 5) is 6.92. The quantitative estimate of drug-likeness (QED) is 0.661. The number of nitrogens with one attached hydrogen (secondary N) is 1. The SMILES string of the molecule is CCCNCc1nc(CN(C)CCCOC)cs1. The number of hydrogen-bond donors (Lipinski definition) is 1. The molecule has 0 aliphatic rings. The van der Waals surface area contributed by atoms with E-state index in [1.54, 1.807) is 18.4 Å². The summed E-state index contributed by atoms with van der Waals surface area (Å²) in [5.74, 6) is 0. The minimum Gasteiger partial charge on any atom is -0.385 e. The van der Waals surface area contributed by atoms with Crippen molar-refractivity contribution in [2.75, 3.05) is 33.9 Å². The summed E-state index contributed by atoms with van der Waals surface area (Å²) in [7, 11) is 3.88. The molecule has 0 aromatic carbocycles. The van der Waals surface area contributed by atoms with Crippen LogP contribution < -0.4 is 5.32 Å². The molecule has 104 valence electrons. The summed E-state index contributed by atoms with van der Waals surface area (Å²) in [5.41, 5.74) is 1.17. The van der Waals surface area contributed by atoms with E-state index in [4.69, 9.17) is 4.74 Å². The predicted octanol–water partition coefficient (Wildman–Crippen LogP) is 2.11. The van der Waals surface area contributed by atoms with Crippen LogP contribution in [0.25, 0.3) is 0 Å². The number of methoxy groups -OCH3 is 1. The molecule has 0 amide bonds. The molecule has 0 saturated carbocycles.